The second kappa shape index (κ2) is 8.95. The molecule has 0 saturated carbocycles. The van der Waals surface area contributed by atoms with Crippen molar-refractivity contribution in [2.24, 2.45) is 0 Å². The molecule has 2 heterocycles. The Labute approximate surface area is 180 Å². The summed E-state index contributed by atoms with van der Waals surface area (Å²) >= 11 is 0. The lowest BCUT2D eigenvalue weighted by Gasteiger charge is -2.20. The summed E-state index contributed by atoms with van der Waals surface area (Å²) in [6, 6.07) is 10.1. The number of hydrogen-bond acceptors (Lipinski definition) is 6. The minimum Gasteiger partial charge on any atom is -0.477 e. The number of hydrogen-bond donors (Lipinski definition) is 2. The molecule has 9 heteroatoms. The van der Waals surface area contributed by atoms with Gasteiger partial charge in [0, 0.05) is 22.9 Å². The van der Waals surface area contributed by atoms with Crippen molar-refractivity contribution in [3.63, 3.8) is 0 Å². The molecule has 3 aromatic rings. The summed E-state index contributed by atoms with van der Waals surface area (Å²) in [5, 5.41) is 18.1. The Hall–Kier alpha value is -3.75. The van der Waals surface area contributed by atoms with Crippen LogP contribution in [0.2, 0.25) is 0 Å². The number of nitrogens with zero attached hydrogens (tertiary/aromatic N) is 4. The van der Waals surface area contributed by atoms with Gasteiger partial charge in [0.2, 0.25) is 5.88 Å². The smallest absolute Gasteiger partial charge is 0.259 e. The first-order valence-corrected chi connectivity index (χ1v) is 9.93. The minimum atomic E-state index is -0.324. The Morgan fingerprint density at radius 1 is 1.03 bits per heavy atom. The molecule has 0 saturated heterocycles. The molecule has 0 spiro atoms. The molecule has 162 valence electrons. The fourth-order valence-corrected chi connectivity index (χ4v) is 2.83. The van der Waals surface area contributed by atoms with Crippen molar-refractivity contribution in [2.45, 2.75) is 40.2 Å². The van der Waals surface area contributed by atoms with Gasteiger partial charge < -0.3 is 15.4 Å². The SMILES string of the molecule is CCOc1ccc(-n2ncc(C(=O)Nc3ccc(C(=O)NC(C)(C)C)cc3)c2C)nn1. The second-order valence-electron chi connectivity index (χ2n) is 7.95. The van der Waals surface area contributed by atoms with E-state index in [9.17, 15) is 9.59 Å². The van der Waals surface area contributed by atoms with Crippen LogP contribution in [-0.4, -0.2) is 43.9 Å². The molecule has 9 nitrogen and oxygen atoms in total. The maximum atomic E-state index is 12.7. The highest BCUT2D eigenvalue weighted by molar-refractivity contribution is 6.05. The molecule has 31 heavy (non-hydrogen) atoms. The topological polar surface area (TPSA) is 111 Å². The van der Waals surface area contributed by atoms with Crippen LogP contribution in [0.15, 0.2) is 42.6 Å². The van der Waals surface area contributed by atoms with Crippen molar-refractivity contribution in [3.05, 3.63) is 59.4 Å². The molecule has 3 rings (SSSR count). The number of carbonyl (C=O) groups excluding carboxylic acids is 2. The lowest BCUT2D eigenvalue weighted by Crippen LogP contribution is -2.40. The van der Waals surface area contributed by atoms with Crippen molar-refractivity contribution < 1.29 is 14.3 Å². The normalized spacial score (nSPS) is 11.1. The quantitative estimate of drug-likeness (QED) is 0.631. The first kappa shape index (κ1) is 21.9. The van der Waals surface area contributed by atoms with Crippen LogP contribution >= 0.6 is 0 Å². The first-order valence-electron chi connectivity index (χ1n) is 9.93. The number of benzene rings is 1. The number of amides is 2. The van der Waals surface area contributed by atoms with E-state index >= 15 is 0 Å². The molecule has 0 radical (unpaired) electrons. The summed E-state index contributed by atoms with van der Waals surface area (Å²) in [6.45, 7) is 9.90. The minimum absolute atomic E-state index is 0.168. The van der Waals surface area contributed by atoms with Gasteiger partial charge in [-0.15, -0.1) is 10.2 Å². The van der Waals surface area contributed by atoms with Crippen LogP contribution in [0.25, 0.3) is 5.82 Å². The third kappa shape index (κ3) is 5.44. The predicted molar refractivity (Wildman–Crippen MR) is 117 cm³/mol. The van der Waals surface area contributed by atoms with E-state index in [1.54, 1.807) is 43.3 Å². The van der Waals surface area contributed by atoms with Crippen molar-refractivity contribution >= 4 is 17.5 Å². The van der Waals surface area contributed by atoms with Gasteiger partial charge in [0.15, 0.2) is 5.82 Å². The zero-order valence-electron chi connectivity index (χ0n) is 18.3. The van der Waals surface area contributed by atoms with E-state index in [-0.39, 0.29) is 17.4 Å². The first-order chi connectivity index (χ1) is 14.7. The van der Waals surface area contributed by atoms with Crippen LogP contribution in [0.3, 0.4) is 0 Å². The molecule has 0 aliphatic carbocycles. The molecule has 2 amide bonds. The van der Waals surface area contributed by atoms with Crippen LogP contribution in [-0.2, 0) is 0 Å². The maximum Gasteiger partial charge on any atom is 0.259 e. The van der Waals surface area contributed by atoms with Gasteiger partial charge in [-0.05, 0) is 65.0 Å². The van der Waals surface area contributed by atoms with Gasteiger partial charge in [-0.3, -0.25) is 9.59 Å². The van der Waals surface area contributed by atoms with Gasteiger partial charge in [0.05, 0.1) is 24.1 Å². The van der Waals surface area contributed by atoms with Crippen LogP contribution in [0.5, 0.6) is 5.88 Å². The van der Waals surface area contributed by atoms with Gasteiger partial charge in [-0.1, -0.05) is 0 Å². The van der Waals surface area contributed by atoms with E-state index in [0.29, 0.717) is 40.8 Å². The summed E-state index contributed by atoms with van der Waals surface area (Å²) in [6.07, 6.45) is 1.48. The molecule has 0 unspecified atom stereocenters. The van der Waals surface area contributed by atoms with Gasteiger partial charge >= 0.3 is 0 Å². The fraction of sp³-hybridized carbons (Fsp3) is 0.318. The molecular formula is C22H26N6O3. The molecule has 1 aromatic carbocycles. The molecule has 0 fully saturated rings. The Kier molecular flexibility index (Phi) is 6.33. The van der Waals surface area contributed by atoms with Crippen molar-refractivity contribution in [2.75, 3.05) is 11.9 Å². The highest BCUT2D eigenvalue weighted by Gasteiger charge is 2.18. The van der Waals surface area contributed by atoms with Crippen LogP contribution in [0, 0.1) is 6.92 Å². The van der Waals surface area contributed by atoms with E-state index in [4.69, 9.17) is 4.74 Å². The molecule has 2 aromatic heterocycles. The summed E-state index contributed by atoms with van der Waals surface area (Å²) in [5.74, 6) is 0.427. The number of carbonyl (C=O) groups is 2. The highest BCUT2D eigenvalue weighted by Crippen LogP contribution is 2.17. The Morgan fingerprint density at radius 2 is 1.74 bits per heavy atom. The van der Waals surface area contributed by atoms with Crippen LogP contribution in [0.1, 0.15) is 54.1 Å². The summed E-state index contributed by atoms with van der Waals surface area (Å²) < 4.78 is 6.83. The monoisotopic (exact) mass is 422 g/mol. The number of aromatic nitrogens is 4. The summed E-state index contributed by atoms with van der Waals surface area (Å²) in [5.41, 5.74) is 1.80. The van der Waals surface area contributed by atoms with Gasteiger partial charge in [-0.25, -0.2) is 4.68 Å². The standard InChI is InChI=1S/C22H26N6O3/c1-6-31-19-12-11-18(26-27-19)28-14(2)17(13-23-28)21(30)24-16-9-7-15(8-10-16)20(29)25-22(3,4)5/h7-13H,6H2,1-5H3,(H,24,30)(H,25,29). The fourth-order valence-electron chi connectivity index (χ4n) is 2.83. The third-order valence-electron chi connectivity index (χ3n) is 4.28. The van der Waals surface area contributed by atoms with E-state index in [1.807, 2.05) is 27.7 Å². The average molecular weight is 422 g/mol. The number of nitrogens with one attached hydrogen (secondary N) is 2. The van der Waals surface area contributed by atoms with E-state index in [0.717, 1.165) is 0 Å². The van der Waals surface area contributed by atoms with E-state index in [1.165, 1.54) is 10.9 Å². The summed E-state index contributed by atoms with van der Waals surface area (Å²) in [4.78, 5) is 25.0. The zero-order valence-corrected chi connectivity index (χ0v) is 18.3. The van der Waals surface area contributed by atoms with Crippen LogP contribution in [0.4, 0.5) is 5.69 Å². The van der Waals surface area contributed by atoms with Gasteiger partial charge in [0.1, 0.15) is 0 Å². The third-order valence-corrected chi connectivity index (χ3v) is 4.28. The summed E-state index contributed by atoms with van der Waals surface area (Å²) in [7, 11) is 0. The molecular weight excluding hydrogens is 396 g/mol. The number of anilines is 1. The van der Waals surface area contributed by atoms with Crippen molar-refractivity contribution in [3.8, 4) is 11.7 Å². The number of rotatable bonds is 6. The van der Waals surface area contributed by atoms with E-state index < -0.39 is 0 Å². The van der Waals surface area contributed by atoms with Gasteiger partial charge in [-0.2, -0.15) is 5.10 Å². The molecule has 0 aliphatic rings. The van der Waals surface area contributed by atoms with Crippen molar-refractivity contribution in [1.82, 2.24) is 25.3 Å². The maximum absolute atomic E-state index is 12.7. The second-order valence-corrected chi connectivity index (χ2v) is 7.95. The highest BCUT2D eigenvalue weighted by atomic mass is 16.5. The molecule has 0 atom stereocenters. The molecule has 0 bridgehead atoms. The van der Waals surface area contributed by atoms with Crippen LogP contribution < -0.4 is 15.4 Å². The Balaban J connectivity index is 1.70. The lowest BCUT2D eigenvalue weighted by molar-refractivity contribution is 0.0919. The number of ether oxygens (including phenoxy) is 1. The van der Waals surface area contributed by atoms with E-state index in [2.05, 4.69) is 25.9 Å². The van der Waals surface area contributed by atoms with Crippen molar-refractivity contribution in [1.29, 1.82) is 0 Å². The molecule has 2 N–H and O–H groups in total. The Morgan fingerprint density at radius 3 is 2.32 bits per heavy atom. The molecule has 0 aliphatic heterocycles. The van der Waals surface area contributed by atoms with Gasteiger partial charge in [0.25, 0.3) is 11.8 Å². The average Bonchev–Trinajstić information content (AvgIpc) is 3.09. The lowest BCUT2D eigenvalue weighted by atomic mass is 10.1. The predicted octanol–water partition coefficient (Wildman–Crippen LogP) is 3.15. The largest absolute Gasteiger partial charge is 0.477 e. The zero-order chi connectivity index (χ0) is 22.6. The Bertz CT molecular complexity index is 1070.